The number of benzene rings is 1. The maximum atomic E-state index is 13.8. The smallest absolute Gasteiger partial charge is 0.257 e. The molecule has 1 aromatic carbocycles. The molecule has 0 radical (unpaired) electrons. The van der Waals surface area contributed by atoms with E-state index in [9.17, 15) is 13.6 Å². The summed E-state index contributed by atoms with van der Waals surface area (Å²) in [7, 11) is 0. The summed E-state index contributed by atoms with van der Waals surface area (Å²) < 4.78 is 32.4. The minimum atomic E-state index is -0.826. The van der Waals surface area contributed by atoms with Crippen LogP contribution in [0.2, 0.25) is 0 Å². The topological polar surface area (TPSA) is 64.3 Å². The third kappa shape index (κ3) is 4.77. The lowest BCUT2D eigenvalue weighted by molar-refractivity contribution is -0.123. The highest BCUT2D eigenvalue weighted by Crippen LogP contribution is 2.24. The summed E-state index contributed by atoms with van der Waals surface area (Å²) in [6.45, 7) is 3.66. The average molecular weight is 286 g/mol. The predicted molar refractivity (Wildman–Crippen MR) is 72.5 cm³/mol. The number of carbonyl (C=O) groups is 1. The first kappa shape index (κ1) is 16.4. The molecule has 0 aliphatic rings. The molecule has 112 valence electrons. The second-order valence-corrected chi connectivity index (χ2v) is 4.50. The largest absolute Gasteiger partial charge is 0.478 e. The summed E-state index contributed by atoms with van der Waals surface area (Å²) in [5.41, 5.74) is 6.22. The van der Waals surface area contributed by atoms with Crippen LogP contribution in [0.1, 0.15) is 25.8 Å². The van der Waals surface area contributed by atoms with E-state index in [0.717, 1.165) is 6.42 Å². The summed E-state index contributed by atoms with van der Waals surface area (Å²) in [5.74, 6) is -2.62. The number of likely N-dealkylation sites (N-methyl/N-ethyl adjacent to an activating group) is 1. The molecule has 0 aliphatic heterocycles. The standard InChI is InChI=1S/C14H20F2N2O2/c1-3-10(17)5-9-6-11(15)14(12(16)7-9)20-8-13(19)18-4-2/h6-7,10H,3-5,8,17H2,1-2H3,(H,18,19). The number of ether oxygens (including phenoxy) is 1. The zero-order valence-corrected chi connectivity index (χ0v) is 11.7. The van der Waals surface area contributed by atoms with Crippen molar-refractivity contribution < 1.29 is 18.3 Å². The highest BCUT2D eigenvalue weighted by atomic mass is 19.1. The number of halogens is 2. The number of carbonyl (C=O) groups excluding carboxylic acids is 1. The number of hydrogen-bond donors (Lipinski definition) is 2. The van der Waals surface area contributed by atoms with Crippen LogP contribution in [-0.2, 0) is 11.2 Å². The molecule has 0 saturated heterocycles. The lowest BCUT2D eigenvalue weighted by Gasteiger charge is -2.12. The van der Waals surface area contributed by atoms with Gasteiger partial charge in [-0.3, -0.25) is 4.79 Å². The van der Waals surface area contributed by atoms with Crippen LogP contribution in [-0.4, -0.2) is 25.1 Å². The second kappa shape index (κ2) is 7.79. The zero-order valence-electron chi connectivity index (χ0n) is 11.7. The van der Waals surface area contributed by atoms with Crippen molar-refractivity contribution in [3.8, 4) is 5.75 Å². The molecule has 1 atom stereocenters. The lowest BCUT2D eigenvalue weighted by atomic mass is 10.0. The summed E-state index contributed by atoms with van der Waals surface area (Å²) in [5, 5.41) is 2.47. The van der Waals surface area contributed by atoms with Crippen LogP contribution in [0.25, 0.3) is 0 Å². The SMILES string of the molecule is CCNC(=O)COc1c(F)cc(CC(N)CC)cc1F. The van der Waals surface area contributed by atoms with Crippen molar-refractivity contribution in [3.05, 3.63) is 29.3 Å². The van der Waals surface area contributed by atoms with E-state index in [0.29, 0.717) is 18.5 Å². The molecule has 20 heavy (non-hydrogen) atoms. The van der Waals surface area contributed by atoms with Crippen molar-refractivity contribution in [2.45, 2.75) is 32.7 Å². The Hall–Kier alpha value is -1.69. The molecule has 0 heterocycles. The van der Waals surface area contributed by atoms with E-state index in [2.05, 4.69) is 5.32 Å². The number of rotatable bonds is 7. The van der Waals surface area contributed by atoms with Gasteiger partial charge in [-0.25, -0.2) is 8.78 Å². The molecule has 6 heteroatoms. The van der Waals surface area contributed by atoms with Crippen molar-refractivity contribution >= 4 is 5.91 Å². The van der Waals surface area contributed by atoms with Gasteiger partial charge in [0.05, 0.1) is 0 Å². The van der Waals surface area contributed by atoms with Crippen molar-refractivity contribution in [1.82, 2.24) is 5.32 Å². The Balaban J connectivity index is 2.76. The molecule has 1 aromatic rings. The Morgan fingerprint density at radius 2 is 1.95 bits per heavy atom. The lowest BCUT2D eigenvalue weighted by Crippen LogP contribution is -2.28. The number of nitrogens with two attached hydrogens (primary N) is 1. The van der Waals surface area contributed by atoms with Crippen LogP contribution in [0.3, 0.4) is 0 Å². The van der Waals surface area contributed by atoms with Gasteiger partial charge in [0.1, 0.15) is 0 Å². The van der Waals surface area contributed by atoms with Crippen molar-refractivity contribution in [2.75, 3.05) is 13.2 Å². The molecular weight excluding hydrogens is 266 g/mol. The van der Waals surface area contributed by atoms with Gasteiger partial charge in [0.15, 0.2) is 24.0 Å². The molecule has 0 bridgehead atoms. The average Bonchev–Trinajstić information content (AvgIpc) is 2.37. The summed E-state index contributed by atoms with van der Waals surface area (Å²) in [4.78, 5) is 11.2. The van der Waals surface area contributed by atoms with Crippen molar-refractivity contribution in [2.24, 2.45) is 5.73 Å². The molecule has 0 saturated carbocycles. The van der Waals surface area contributed by atoms with Gasteiger partial charge in [-0.1, -0.05) is 6.92 Å². The monoisotopic (exact) mass is 286 g/mol. The highest BCUT2D eigenvalue weighted by molar-refractivity contribution is 5.77. The fraction of sp³-hybridized carbons (Fsp3) is 0.500. The van der Waals surface area contributed by atoms with Gasteiger partial charge < -0.3 is 15.8 Å². The van der Waals surface area contributed by atoms with E-state index in [1.807, 2.05) is 6.92 Å². The van der Waals surface area contributed by atoms with Crippen LogP contribution >= 0.6 is 0 Å². The maximum absolute atomic E-state index is 13.8. The van der Waals surface area contributed by atoms with E-state index in [1.54, 1.807) is 6.92 Å². The number of hydrogen-bond acceptors (Lipinski definition) is 3. The van der Waals surface area contributed by atoms with Gasteiger partial charge in [0.25, 0.3) is 5.91 Å². The first-order valence-corrected chi connectivity index (χ1v) is 6.60. The zero-order chi connectivity index (χ0) is 15.1. The summed E-state index contributed by atoms with van der Waals surface area (Å²) in [6.07, 6.45) is 1.11. The van der Waals surface area contributed by atoms with Crippen LogP contribution in [0, 0.1) is 11.6 Å². The molecular formula is C14H20F2N2O2. The highest BCUT2D eigenvalue weighted by Gasteiger charge is 2.15. The Labute approximate surface area is 117 Å². The number of amides is 1. The van der Waals surface area contributed by atoms with Crippen LogP contribution in [0.4, 0.5) is 8.78 Å². The minimum Gasteiger partial charge on any atom is -0.478 e. The molecule has 1 unspecified atom stereocenters. The van der Waals surface area contributed by atoms with Gasteiger partial charge in [-0.2, -0.15) is 0 Å². The van der Waals surface area contributed by atoms with E-state index >= 15 is 0 Å². The van der Waals surface area contributed by atoms with Gasteiger partial charge in [0.2, 0.25) is 0 Å². The molecule has 3 N–H and O–H groups in total. The summed E-state index contributed by atoms with van der Waals surface area (Å²) in [6, 6.07) is 2.23. The third-order valence-corrected chi connectivity index (χ3v) is 2.80. The van der Waals surface area contributed by atoms with Crippen LogP contribution in [0.15, 0.2) is 12.1 Å². The minimum absolute atomic E-state index is 0.143. The summed E-state index contributed by atoms with van der Waals surface area (Å²) >= 11 is 0. The molecule has 0 aromatic heterocycles. The molecule has 1 amide bonds. The molecule has 1 rings (SSSR count). The Kier molecular flexibility index (Phi) is 6.38. The van der Waals surface area contributed by atoms with Gasteiger partial charge in [0, 0.05) is 12.6 Å². The molecule has 4 nitrogen and oxygen atoms in total. The Bertz CT molecular complexity index is 443. The van der Waals surface area contributed by atoms with E-state index < -0.39 is 29.9 Å². The first-order valence-electron chi connectivity index (χ1n) is 6.60. The molecule has 0 fully saturated rings. The second-order valence-electron chi connectivity index (χ2n) is 4.50. The Morgan fingerprint density at radius 1 is 1.35 bits per heavy atom. The van der Waals surface area contributed by atoms with Crippen LogP contribution < -0.4 is 15.8 Å². The number of nitrogens with one attached hydrogen (secondary N) is 1. The van der Waals surface area contributed by atoms with E-state index in [-0.39, 0.29) is 6.04 Å². The fourth-order valence-corrected chi connectivity index (χ4v) is 1.70. The quantitative estimate of drug-likeness (QED) is 0.802. The Morgan fingerprint density at radius 3 is 2.45 bits per heavy atom. The maximum Gasteiger partial charge on any atom is 0.257 e. The van der Waals surface area contributed by atoms with Gasteiger partial charge >= 0.3 is 0 Å². The van der Waals surface area contributed by atoms with Crippen molar-refractivity contribution in [1.29, 1.82) is 0 Å². The van der Waals surface area contributed by atoms with E-state index in [1.165, 1.54) is 12.1 Å². The molecule has 0 spiro atoms. The van der Waals surface area contributed by atoms with E-state index in [4.69, 9.17) is 10.5 Å². The predicted octanol–water partition coefficient (Wildman–Crippen LogP) is 1.76. The third-order valence-electron chi connectivity index (χ3n) is 2.80. The van der Waals surface area contributed by atoms with Gasteiger partial charge in [-0.05, 0) is 37.5 Å². The fourth-order valence-electron chi connectivity index (χ4n) is 1.70. The normalized spacial score (nSPS) is 12.1. The van der Waals surface area contributed by atoms with Crippen molar-refractivity contribution in [3.63, 3.8) is 0 Å². The van der Waals surface area contributed by atoms with Crippen LogP contribution in [0.5, 0.6) is 5.75 Å². The van der Waals surface area contributed by atoms with Gasteiger partial charge in [-0.15, -0.1) is 0 Å². The molecule has 0 aliphatic carbocycles. The first-order chi connectivity index (χ1) is 9.47.